The van der Waals surface area contributed by atoms with Crippen molar-refractivity contribution in [1.29, 1.82) is 0 Å². The maximum atomic E-state index is 12.8. The molecule has 1 aliphatic carbocycles. The van der Waals surface area contributed by atoms with E-state index in [1.54, 1.807) is 0 Å². The van der Waals surface area contributed by atoms with Crippen LogP contribution in [0.2, 0.25) is 0 Å². The standard InChI is InChI=1S/C16H21N5O2/c1-9(2)15-17-14(20-23-15)13-4-3-7-21(13)16(22)12-8-11(18-19-12)10-5-6-10/h8-10,13H,3-7H2,1-2H3,(H,18,19)/t13-/m0/s1. The van der Waals surface area contributed by atoms with Crippen molar-refractivity contribution < 1.29 is 9.32 Å². The average molecular weight is 315 g/mol. The zero-order valence-corrected chi connectivity index (χ0v) is 13.5. The second-order valence-electron chi connectivity index (χ2n) is 6.78. The molecule has 1 aliphatic heterocycles. The summed E-state index contributed by atoms with van der Waals surface area (Å²) in [5.41, 5.74) is 1.57. The number of aromatic nitrogens is 4. The summed E-state index contributed by atoms with van der Waals surface area (Å²) in [6, 6.07) is 1.78. The lowest BCUT2D eigenvalue weighted by molar-refractivity contribution is 0.0722. The normalized spacial score (nSPS) is 21.3. The first-order valence-electron chi connectivity index (χ1n) is 8.33. The molecule has 0 unspecified atom stereocenters. The summed E-state index contributed by atoms with van der Waals surface area (Å²) in [7, 11) is 0. The van der Waals surface area contributed by atoms with Gasteiger partial charge in [0.2, 0.25) is 5.89 Å². The number of nitrogens with zero attached hydrogens (tertiary/aromatic N) is 4. The van der Waals surface area contributed by atoms with E-state index in [1.165, 1.54) is 12.8 Å². The number of aromatic amines is 1. The minimum absolute atomic E-state index is 0.0495. The van der Waals surface area contributed by atoms with E-state index in [2.05, 4.69) is 20.3 Å². The second kappa shape index (κ2) is 5.47. The molecule has 0 bridgehead atoms. The van der Waals surface area contributed by atoms with Crippen molar-refractivity contribution >= 4 is 5.91 Å². The third kappa shape index (κ3) is 2.64. The van der Waals surface area contributed by atoms with E-state index in [0.717, 1.165) is 18.5 Å². The molecule has 3 heterocycles. The van der Waals surface area contributed by atoms with Crippen molar-refractivity contribution in [3.63, 3.8) is 0 Å². The van der Waals surface area contributed by atoms with Crippen molar-refractivity contribution in [2.75, 3.05) is 6.54 Å². The average Bonchev–Trinajstić information content (AvgIpc) is 3.02. The lowest BCUT2D eigenvalue weighted by Crippen LogP contribution is -2.31. The van der Waals surface area contributed by atoms with Gasteiger partial charge in [0, 0.05) is 24.1 Å². The van der Waals surface area contributed by atoms with Crippen molar-refractivity contribution in [3.8, 4) is 0 Å². The number of hydrogen-bond acceptors (Lipinski definition) is 5. The predicted octanol–water partition coefficient (Wildman–Crippen LogP) is 2.77. The molecule has 1 N–H and O–H groups in total. The Morgan fingerprint density at radius 3 is 2.91 bits per heavy atom. The summed E-state index contributed by atoms with van der Waals surface area (Å²) >= 11 is 0. The second-order valence-corrected chi connectivity index (χ2v) is 6.78. The van der Waals surface area contributed by atoms with E-state index in [0.29, 0.717) is 29.9 Å². The summed E-state index contributed by atoms with van der Waals surface area (Å²) in [5.74, 6) is 1.93. The Kier molecular flexibility index (Phi) is 3.43. The van der Waals surface area contributed by atoms with Gasteiger partial charge in [-0.3, -0.25) is 9.89 Å². The SMILES string of the molecule is CC(C)c1nc([C@@H]2CCCN2C(=O)c2cc(C3CC3)[nH]n2)no1. The van der Waals surface area contributed by atoms with Crippen LogP contribution >= 0.6 is 0 Å². The van der Waals surface area contributed by atoms with Gasteiger partial charge in [-0.2, -0.15) is 10.1 Å². The predicted molar refractivity (Wildman–Crippen MR) is 82.0 cm³/mol. The fourth-order valence-electron chi connectivity index (χ4n) is 3.09. The summed E-state index contributed by atoms with van der Waals surface area (Å²) < 4.78 is 5.30. The Morgan fingerprint density at radius 2 is 2.22 bits per heavy atom. The number of nitrogens with one attached hydrogen (secondary N) is 1. The van der Waals surface area contributed by atoms with Gasteiger partial charge in [-0.05, 0) is 31.7 Å². The molecule has 1 atom stereocenters. The monoisotopic (exact) mass is 315 g/mol. The number of carbonyl (C=O) groups is 1. The van der Waals surface area contributed by atoms with E-state index in [9.17, 15) is 4.79 Å². The number of likely N-dealkylation sites (tertiary alicyclic amines) is 1. The third-order valence-electron chi connectivity index (χ3n) is 4.60. The summed E-state index contributed by atoms with van der Waals surface area (Å²) in [5, 5.41) is 11.3. The molecule has 1 saturated carbocycles. The quantitative estimate of drug-likeness (QED) is 0.937. The molecule has 122 valence electrons. The van der Waals surface area contributed by atoms with E-state index in [4.69, 9.17) is 4.52 Å². The Morgan fingerprint density at radius 1 is 1.39 bits per heavy atom. The first-order valence-corrected chi connectivity index (χ1v) is 8.33. The molecule has 2 aromatic heterocycles. The molecular formula is C16H21N5O2. The molecule has 0 aromatic carbocycles. The van der Waals surface area contributed by atoms with Gasteiger partial charge in [0.15, 0.2) is 5.82 Å². The maximum Gasteiger partial charge on any atom is 0.274 e. The van der Waals surface area contributed by atoms with Gasteiger partial charge < -0.3 is 9.42 Å². The number of amides is 1. The van der Waals surface area contributed by atoms with Crippen LogP contribution < -0.4 is 0 Å². The molecular weight excluding hydrogens is 294 g/mol. The molecule has 7 heteroatoms. The van der Waals surface area contributed by atoms with Crippen molar-refractivity contribution in [1.82, 2.24) is 25.2 Å². The van der Waals surface area contributed by atoms with Crippen LogP contribution in [-0.2, 0) is 0 Å². The summed E-state index contributed by atoms with van der Waals surface area (Å²) in [4.78, 5) is 19.1. The van der Waals surface area contributed by atoms with Crippen LogP contribution in [-0.4, -0.2) is 37.7 Å². The van der Waals surface area contributed by atoms with Gasteiger partial charge in [0.05, 0.1) is 6.04 Å². The first kappa shape index (κ1) is 14.4. The van der Waals surface area contributed by atoms with Gasteiger partial charge in [-0.25, -0.2) is 0 Å². The highest BCUT2D eigenvalue weighted by molar-refractivity contribution is 5.92. The Hall–Kier alpha value is -2.18. The fraction of sp³-hybridized carbons (Fsp3) is 0.625. The van der Waals surface area contributed by atoms with E-state index >= 15 is 0 Å². The summed E-state index contributed by atoms with van der Waals surface area (Å²) in [6.07, 6.45) is 4.18. The van der Waals surface area contributed by atoms with E-state index in [1.807, 2.05) is 24.8 Å². The fourth-order valence-corrected chi connectivity index (χ4v) is 3.09. The minimum Gasteiger partial charge on any atom is -0.339 e. The molecule has 0 spiro atoms. The molecule has 0 radical (unpaired) electrons. The van der Waals surface area contributed by atoms with E-state index in [-0.39, 0.29) is 17.9 Å². The first-order chi connectivity index (χ1) is 11.1. The van der Waals surface area contributed by atoms with Crippen molar-refractivity contribution in [2.45, 2.75) is 57.4 Å². The minimum atomic E-state index is -0.111. The lowest BCUT2D eigenvalue weighted by atomic mass is 10.2. The van der Waals surface area contributed by atoms with Crippen molar-refractivity contribution in [3.05, 3.63) is 29.2 Å². The molecule has 1 saturated heterocycles. The van der Waals surface area contributed by atoms with Crippen molar-refractivity contribution in [2.24, 2.45) is 0 Å². The number of carbonyl (C=O) groups excluding carboxylic acids is 1. The van der Waals surface area contributed by atoms with Gasteiger partial charge in [0.25, 0.3) is 5.91 Å². The molecule has 1 amide bonds. The highest BCUT2D eigenvalue weighted by Gasteiger charge is 2.35. The number of H-pyrrole nitrogens is 1. The topological polar surface area (TPSA) is 87.9 Å². The molecule has 2 aromatic rings. The molecule has 23 heavy (non-hydrogen) atoms. The van der Waals surface area contributed by atoms with Gasteiger partial charge in [-0.1, -0.05) is 19.0 Å². The van der Waals surface area contributed by atoms with Crippen LogP contribution in [0.1, 0.15) is 85.3 Å². The van der Waals surface area contributed by atoms with Crippen LogP contribution in [0.4, 0.5) is 0 Å². The number of rotatable bonds is 4. The Balaban J connectivity index is 1.54. The van der Waals surface area contributed by atoms with Crippen LogP contribution in [0.15, 0.2) is 10.6 Å². The summed E-state index contributed by atoms with van der Waals surface area (Å²) in [6.45, 7) is 4.73. The zero-order chi connectivity index (χ0) is 16.0. The molecule has 4 rings (SSSR count). The Bertz CT molecular complexity index is 716. The van der Waals surface area contributed by atoms with Crippen LogP contribution in [0.5, 0.6) is 0 Å². The molecule has 2 aliphatic rings. The maximum absolute atomic E-state index is 12.8. The lowest BCUT2D eigenvalue weighted by Gasteiger charge is -2.20. The third-order valence-corrected chi connectivity index (χ3v) is 4.60. The Labute approximate surface area is 134 Å². The van der Waals surface area contributed by atoms with E-state index < -0.39 is 0 Å². The highest BCUT2D eigenvalue weighted by atomic mass is 16.5. The zero-order valence-electron chi connectivity index (χ0n) is 13.5. The van der Waals surface area contributed by atoms with Crippen LogP contribution in [0.25, 0.3) is 0 Å². The van der Waals surface area contributed by atoms with Crippen LogP contribution in [0.3, 0.4) is 0 Å². The van der Waals surface area contributed by atoms with Gasteiger partial charge in [-0.15, -0.1) is 0 Å². The van der Waals surface area contributed by atoms with Gasteiger partial charge in [0.1, 0.15) is 5.69 Å². The molecule has 7 nitrogen and oxygen atoms in total. The highest BCUT2D eigenvalue weighted by Crippen LogP contribution is 2.39. The molecule has 2 fully saturated rings. The van der Waals surface area contributed by atoms with Crippen LogP contribution in [0, 0.1) is 0 Å². The smallest absolute Gasteiger partial charge is 0.274 e. The van der Waals surface area contributed by atoms with Gasteiger partial charge >= 0.3 is 0 Å². The largest absolute Gasteiger partial charge is 0.339 e. The number of hydrogen-bond donors (Lipinski definition) is 1.